The number of benzene rings is 2. The van der Waals surface area contributed by atoms with E-state index in [1.165, 1.54) is 12.1 Å². The molecule has 2 aromatic carbocycles. The summed E-state index contributed by atoms with van der Waals surface area (Å²) >= 11 is 5.99. The second-order valence-electron chi connectivity index (χ2n) is 3.53. The molecule has 0 aliphatic heterocycles. The number of halogens is 2. The highest BCUT2D eigenvalue weighted by atomic mass is 35.5. The van der Waals surface area contributed by atoms with Crippen molar-refractivity contribution < 1.29 is 4.39 Å². The summed E-state index contributed by atoms with van der Waals surface area (Å²) in [5.41, 5.74) is 8.36. The van der Waals surface area contributed by atoms with Gasteiger partial charge < -0.3 is 5.73 Å². The quantitative estimate of drug-likeness (QED) is 0.846. The average Bonchev–Trinajstić information content (AvgIpc) is 2.29. The molecule has 0 aliphatic carbocycles. The maximum Gasteiger partial charge on any atom is 0.124 e. The third-order valence-electron chi connectivity index (χ3n) is 2.40. The van der Waals surface area contributed by atoms with E-state index in [4.69, 9.17) is 17.3 Å². The van der Waals surface area contributed by atoms with Gasteiger partial charge in [0.1, 0.15) is 5.82 Å². The Morgan fingerprint density at radius 3 is 2.62 bits per heavy atom. The largest absolute Gasteiger partial charge is 0.326 e. The van der Waals surface area contributed by atoms with Crippen LogP contribution in [-0.2, 0) is 6.54 Å². The Bertz CT molecular complexity index is 511. The highest BCUT2D eigenvalue weighted by Gasteiger charge is 2.04. The first-order valence-corrected chi connectivity index (χ1v) is 5.33. The van der Waals surface area contributed by atoms with Crippen LogP contribution in [0, 0.1) is 5.82 Å². The number of hydrogen-bond donors (Lipinski definition) is 1. The van der Waals surface area contributed by atoms with Crippen LogP contribution in [0.25, 0.3) is 11.1 Å². The van der Waals surface area contributed by atoms with Gasteiger partial charge in [0.15, 0.2) is 0 Å². The Kier molecular flexibility index (Phi) is 3.22. The van der Waals surface area contributed by atoms with Crippen molar-refractivity contribution in [1.82, 2.24) is 0 Å². The van der Waals surface area contributed by atoms with E-state index in [1.54, 1.807) is 6.07 Å². The van der Waals surface area contributed by atoms with E-state index in [0.717, 1.165) is 16.7 Å². The van der Waals surface area contributed by atoms with Crippen molar-refractivity contribution >= 4 is 11.6 Å². The van der Waals surface area contributed by atoms with Gasteiger partial charge in [-0.1, -0.05) is 29.8 Å². The third-order valence-corrected chi connectivity index (χ3v) is 2.72. The summed E-state index contributed by atoms with van der Waals surface area (Å²) in [6, 6.07) is 12.1. The lowest BCUT2D eigenvalue weighted by Crippen LogP contribution is -1.95. The van der Waals surface area contributed by atoms with Gasteiger partial charge in [0.25, 0.3) is 0 Å². The van der Waals surface area contributed by atoms with Crippen LogP contribution in [0.4, 0.5) is 4.39 Å². The first-order valence-electron chi connectivity index (χ1n) is 4.95. The molecule has 2 rings (SSSR count). The molecule has 0 spiro atoms. The van der Waals surface area contributed by atoms with Crippen molar-refractivity contribution in [3.05, 3.63) is 58.9 Å². The predicted octanol–water partition coefficient (Wildman–Crippen LogP) is 3.60. The molecule has 82 valence electrons. The summed E-state index contributed by atoms with van der Waals surface area (Å²) in [6.45, 7) is 0.479. The minimum atomic E-state index is -0.330. The molecule has 0 aliphatic rings. The standard InChI is InChI=1S/C13H11ClFN/c14-13-7-11(15)4-5-12(13)10-3-1-2-9(6-10)8-16/h1-7H,8,16H2. The molecule has 0 saturated carbocycles. The Hall–Kier alpha value is -1.38. The Balaban J connectivity index is 2.49. The average molecular weight is 236 g/mol. The first-order chi connectivity index (χ1) is 7.70. The lowest BCUT2D eigenvalue weighted by Gasteiger charge is -2.06. The van der Waals surface area contributed by atoms with E-state index in [9.17, 15) is 4.39 Å². The highest BCUT2D eigenvalue weighted by molar-refractivity contribution is 6.33. The second-order valence-corrected chi connectivity index (χ2v) is 3.94. The van der Waals surface area contributed by atoms with Crippen molar-refractivity contribution in [1.29, 1.82) is 0 Å². The number of hydrogen-bond acceptors (Lipinski definition) is 1. The molecule has 2 aromatic rings. The normalized spacial score (nSPS) is 10.4. The van der Waals surface area contributed by atoms with Crippen LogP contribution < -0.4 is 5.73 Å². The fourth-order valence-electron chi connectivity index (χ4n) is 1.59. The van der Waals surface area contributed by atoms with E-state index in [1.807, 2.05) is 24.3 Å². The molecular formula is C13H11ClFN. The van der Waals surface area contributed by atoms with Crippen LogP contribution in [0.5, 0.6) is 0 Å². The molecule has 3 heteroatoms. The lowest BCUT2D eigenvalue weighted by molar-refractivity contribution is 0.628. The lowest BCUT2D eigenvalue weighted by atomic mass is 10.0. The zero-order valence-corrected chi connectivity index (χ0v) is 9.34. The molecule has 0 amide bonds. The van der Waals surface area contributed by atoms with Crippen LogP contribution in [0.1, 0.15) is 5.56 Å². The van der Waals surface area contributed by atoms with Gasteiger partial charge >= 0.3 is 0 Å². The topological polar surface area (TPSA) is 26.0 Å². The van der Waals surface area contributed by atoms with Crippen molar-refractivity contribution in [2.75, 3.05) is 0 Å². The molecule has 0 heterocycles. The molecule has 2 N–H and O–H groups in total. The first kappa shape index (κ1) is 11.1. The van der Waals surface area contributed by atoms with Gasteiger partial charge in [-0.15, -0.1) is 0 Å². The summed E-state index contributed by atoms with van der Waals surface area (Å²) in [4.78, 5) is 0. The number of nitrogens with two attached hydrogens (primary N) is 1. The van der Waals surface area contributed by atoms with Gasteiger partial charge in [-0.2, -0.15) is 0 Å². The molecule has 16 heavy (non-hydrogen) atoms. The van der Waals surface area contributed by atoms with E-state index in [2.05, 4.69) is 0 Å². The summed E-state index contributed by atoms with van der Waals surface area (Å²) in [7, 11) is 0. The van der Waals surface area contributed by atoms with Gasteiger partial charge in [0.2, 0.25) is 0 Å². The van der Waals surface area contributed by atoms with E-state index >= 15 is 0 Å². The summed E-state index contributed by atoms with van der Waals surface area (Å²) in [6.07, 6.45) is 0. The van der Waals surface area contributed by atoms with E-state index in [0.29, 0.717) is 11.6 Å². The minimum absolute atomic E-state index is 0.330. The Labute approximate surface area is 98.7 Å². The van der Waals surface area contributed by atoms with Crippen molar-refractivity contribution in [3.63, 3.8) is 0 Å². The summed E-state index contributed by atoms with van der Waals surface area (Å²) in [5.74, 6) is -0.330. The fourth-order valence-corrected chi connectivity index (χ4v) is 1.87. The molecule has 0 bridgehead atoms. The summed E-state index contributed by atoms with van der Waals surface area (Å²) < 4.78 is 12.9. The molecule has 0 aromatic heterocycles. The molecule has 0 radical (unpaired) electrons. The third kappa shape index (κ3) is 2.23. The van der Waals surface area contributed by atoms with Gasteiger partial charge in [-0.05, 0) is 35.4 Å². The molecule has 0 atom stereocenters. The maximum atomic E-state index is 12.9. The van der Waals surface area contributed by atoms with Crippen molar-refractivity contribution in [3.8, 4) is 11.1 Å². The molecule has 0 unspecified atom stereocenters. The molecule has 0 saturated heterocycles. The SMILES string of the molecule is NCc1cccc(-c2ccc(F)cc2Cl)c1. The van der Waals surface area contributed by atoms with Crippen LogP contribution >= 0.6 is 11.6 Å². The molecule has 0 fully saturated rings. The summed E-state index contributed by atoms with van der Waals surface area (Å²) in [5, 5.41) is 0.411. The number of rotatable bonds is 2. The Morgan fingerprint density at radius 2 is 1.94 bits per heavy atom. The van der Waals surface area contributed by atoms with Gasteiger partial charge in [-0.25, -0.2) is 4.39 Å². The zero-order chi connectivity index (χ0) is 11.5. The Morgan fingerprint density at radius 1 is 1.12 bits per heavy atom. The molecule has 1 nitrogen and oxygen atoms in total. The van der Waals surface area contributed by atoms with Crippen molar-refractivity contribution in [2.45, 2.75) is 6.54 Å². The highest BCUT2D eigenvalue weighted by Crippen LogP contribution is 2.28. The predicted molar refractivity (Wildman–Crippen MR) is 64.7 cm³/mol. The van der Waals surface area contributed by atoms with Crippen LogP contribution in [0.15, 0.2) is 42.5 Å². The second kappa shape index (κ2) is 4.64. The van der Waals surface area contributed by atoms with Gasteiger partial charge in [0, 0.05) is 12.1 Å². The van der Waals surface area contributed by atoms with Gasteiger partial charge in [-0.3, -0.25) is 0 Å². The van der Waals surface area contributed by atoms with Crippen molar-refractivity contribution in [2.24, 2.45) is 5.73 Å². The smallest absolute Gasteiger partial charge is 0.124 e. The minimum Gasteiger partial charge on any atom is -0.326 e. The maximum absolute atomic E-state index is 12.9. The van der Waals surface area contributed by atoms with Crippen LogP contribution in [-0.4, -0.2) is 0 Å². The zero-order valence-electron chi connectivity index (χ0n) is 8.58. The van der Waals surface area contributed by atoms with Crippen LogP contribution in [0.3, 0.4) is 0 Å². The monoisotopic (exact) mass is 235 g/mol. The fraction of sp³-hybridized carbons (Fsp3) is 0.0769. The van der Waals surface area contributed by atoms with Gasteiger partial charge in [0.05, 0.1) is 5.02 Å². The van der Waals surface area contributed by atoms with E-state index in [-0.39, 0.29) is 5.82 Å². The molecular weight excluding hydrogens is 225 g/mol. The van der Waals surface area contributed by atoms with Crippen LogP contribution in [0.2, 0.25) is 5.02 Å². The van der Waals surface area contributed by atoms with E-state index < -0.39 is 0 Å².